The van der Waals surface area contributed by atoms with Gasteiger partial charge >= 0.3 is 0 Å². The zero-order valence-corrected chi connectivity index (χ0v) is 12.7. The monoisotopic (exact) mass is 292 g/mol. The summed E-state index contributed by atoms with van der Waals surface area (Å²) in [4.78, 5) is 14.0. The molecule has 0 radical (unpaired) electrons. The molecule has 1 saturated carbocycles. The number of aromatic nitrogens is 2. The van der Waals surface area contributed by atoms with E-state index in [1.165, 1.54) is 30.6 Å². The van der Waals surface area contributed by atoms with Gasteiger partial charge < -0.3 is 11.1 Å². The van der Waals surface area contributed by atoms with Crippen LogP contribution in [0.15, 0.2) is 0 Å². The summed E-state index contributed by atoms with van der Waals surface area (Å²) in [7, 11) is 1.88. The smallest absolute Gasteiger partial charge is 0.263 e. The van der Waals surface area contributed by atoms with Crippen LogP contribution in [0, 0.1) is 6.92 Å². The van der Waals surface area contributed by atoms with E-state index in [2.05, 4.69) is 10.4 Å². The van der Waals surface area contributed by atoms with Crippen molar-refractivity contribution in [3.8, 4) is 0 Å². The molecule has 3 N–H and O–H groups in total. The Morgan fingerprint density at radius 1 is 1.40 bits per heavy atom. The summed E-state index contributed by atoms with van der Waals surface area (Å²) in [5.74, 6) is -0.0324. The predicted molar refractivity (Wildman–Crippen MR) is 82.1 cm³/mol. The van der Waals surface area contributed by atoms with Crippen LogP contribution in [-0.4, -0.2) is 21.7 Å². The number of nitrogens with one attached hydrogen (secondary N) is 1. The molecule has 0 aliphatic heterocycles. The number of fused-ring (bicyclic) bond motifs is 1. The average Bonchev–Trinajstić information content (AvgIpc) is 2.90. The zero-order valence-electron chi connectivity index (χ0n) is 11.9. The van der Waals surface area contributed by atoms with Gasteiger partial charge in [-0.1, -0.05) is 19.3 Å². The number of hydrogen-bond donors (Lipinski definition) is 2. The maximum Gasteiger partial charge on any atom is 0.263 e. The minimum atomic E-state index is -0.0324. The Balaban J connectivity index is 1.87. The third-order valence-corrected chi connectivity index (χ3v) is 5.30. The highest BCUT2D eigenvalue weighted by Gasteiger charge is 2.23. The average molecular weight is 292 g/mol. The number of carbonyl (C=O) groups excluding carboxylic acids is 1. The van der Waals surface area contributed by atoms with Crippen molar-refractivity contribution < 1.29 is 4.79 Å². The molecule has 6 heteroatoms. The van der Waals surface area contributed by atoms with E-state index >= 15 is 0 Å². The minimum Gasteiger partial charge on any atom is -0.397 e. The fraction of sp³-hybridized carbons (Fsp3) is 0.571. The largest absolute Gasteiger partial charge is 0.397 e. The minimum absolute atomic E-state index is 0.0324. The van der Waals surface area contributed by atoms with Crippen LogP contribution in [0.3, 0.4) is 0 Å². The molecule has 20 heavy (non-hydrogen) atoms. The summed E-state index contributed by atoms with van der Waals surface area (Å²) in [6.45, 7) is 1.92. The summed E-state index contributed by atoms with van der Waals surface area (Å²) < 4.78 is 1.79. The van der Waals surface area contributed by atoms with E-state index < -0.39 is 0 Å². The van der Waals surface area contributed by atoms with Gasteiger partial charge in [-0.15, -0.1) is 11.3 Å². The van der Waals surface area contributed by atoms with Crippen LogP contribution in [0.5, 0.6) is 0 Å². The normalized spacial score (nSPS) is 16.7. The molecule has 2 aromatic rings. The van der Waals surface area contributed by atoms with Crippen molar-refractivity contribution in [3.63, 3.8) is 0 Å². The molecule has 108 valence electrons. The molecule has 1 aliphatic carbocycles. The lowest BCUT2D eigenvalue weighted by atomic mass is 9.95. The quantitative estimate of drug-likeness (QED) is 0.893. The molecule has 0 atom stereocenters. The van der Waals surface area contributed by atoms with Crippen molar-refractivity contribution in [2.75, 3.05) is 5.73 Å². The molecule has 0 bridgehead atoms. The van der Waals surface area contributed by atoms with Crippen molar-refractivity contribution in [1.29, 1.82) is 0 Å². The Morgan fingerprint density at radius 2 is 2.10 bits per heavy atom. The van der Waals surface area contributed by atoms with E-state index in [0.717, 1.165) is 28.8 Å². The van der Waals surface area contributed by atoms with Crippen LogP contribution in [0.25, 0.3) is 10.2 Å². The van der Waals surface area contributed by atoms with Gasteiger partial charge in [0.05, 0.1) is 16.8 Å². The summed E-state index contributed by atoms with van der Waals surface area (Å²) in [5, 5.41) is 8.39. The van der Waals surface area contributed by atoms with Crippen LogP contribution in [0.4, 0.5) is 5.69 Å². The first-order valence-corrected chi connectivity index (χ1v) is 7.92. The number of nitrogens with two attached hydrogens (primary N) is 1. The first-order valence-electron chi connectivity index (χ1n) is 7.10. The van der Waals surface area contributed by atoms with Gasteiger partial charge in [-0.05, 0) is 19.8 Å². The van der Waals surface area contributed by atoms with Gasteiger partial charge in [-0.25, -0.2) is 0 Å². The van der Waals surface area contributed by atoms with Gasteiger partial charge in [-0.2, -0.15) is 5.10 Å². The Morgan fingerprint density at radius 3 is 2.75 bits per heavy atom. The van der Waals surface area contributed by atoms with Gasteiger partial charge in [0.15, 0.2) is 0 Å². The van der Waals surface area contributed by atoms with Crippen LogP contribution in [0.1, 0.15) is 47.5 Å². The van der Waals surface area contributed by atoms with Crippen LogP contribution in [-0.2, 0) is 7.05 Å². The lowest BCUT2D eigenvalue weighted by Gasteiger charge is -2.22. The summed E-state index contributed by atoms with van der Waals surface area (Å²) in [6, 6.07) is 0.306. The van der Waals surface area contributed by atoms with Crippen molar-refractivity contribution in [3.05, 3.63) is 10.6 Å². The second-order valence-corrected chi connectivity index (χ2v) is 6.54. The first-order chi connectivity index (χ1) is 9.58. The number of hydrogen-bond acceptors (Lipinski definition) is 4. The van der Waals surface area contributed by atoms with E-state index in [1.807, 2.05) is 14.0 Å². The number of nitrogen functional groups attached to an aromatic ring is 1. The van der Waals surface area contributed by atoms with Crippen molar-refractivity contribution in [1.82, 2.24) is 15.1 Å². The third-order valence-electron chi connectivity index (χ3n) is 4.03. The highest BCUT2D eigenvalue weighted by molar-refractivity contribution is 7.21. The lowest BCUT2D eigenvalue weighted by molar-refractivity contribution is 0.0933. The summed E-state index contributed by atoms with van der Waals surface area (Å²) in [5.41, 5.74) is 7.61. The number of nitrogens with zero attached hydrogens (tertiary/aromatic N) is 2. The molecule has 1 amide bonds. The number of anilines is 1. The third kappa shape index (κ3) is 2.18. The topological polar surface area (TPSA) is 72.9 Å². The molecular formula is C14H20N4OS. The molecule has 0 unspecified atom stereocenters. The fourth-order valence-electron chi connectivity index (χ4n) is 3.00. The second-order valence-electron chi connectivity index (χ2n) is 5.54. The fourth-order valence-corrected chi connectivity index (χ4v) is 4.09. The van der Waals surface area contributed by atoms with Crippen molar-refractivity contribution >= 4 is 33.1 Å². The predicted octanol–water partition coefficient (Wildman–Crippen LogP) is 2.59. The second kappa shape index (κ2) is 5.09. The highest BCUT2D eigenvalue weighted by Crippen LogP contribution is 2.35. The molecule has 0 aromatic carbocycles. The highest BCUT2D eigenvalue weighted by atomic mass is 32.1. The Kier molecular flexibility index (Phi) is 3.41. The maximum atomic E-state index is 12.4. The van der Waals surface area contributed by atoms with Gasteiger partial charge in [0.2, 0.25) is 0 Å². The van der Waals surface area contributed by atoms with E-state index in [9.17, 15) is 4.79 Å². The number of thiophene rings is 1. The molecule has 0 spiro atoms. The van der Waals surface area contributed by atoms with Gasteiger partial charge in [-0.3, -0.25) is 9.48 Å². The molecule has 2 heterocycles. The molecule has 3 rings (SSSR count). The Labute approximate surface area is 122 Å². The van der Waals surface area contributed by atoms with Crippen LogP contribution < -0.4 is 11.1 Å². The van der Waals surface area contributed by atoms with Crippen molar-refractivity contribution in [2.24, 2.45) is 7.05 Å². The number of amides is 1. The molecule has 2 aromatic heterocycles. The number of aryl methyl sites for hydroxylation is 2. The van der Waals surface area contributed by atoms with E-state index in [0.29, 0.717) is 16.6 Å². The van der Waals surface area contributed by atoms with Gasteiger partial charge in [0.1, 0.15) is 9.71 Å². The van der Waals surface area contributed by atoms with Gasteiger partial charge in [0, 0.05) is 13.1 Å². The standard InChI is InChI=1S/C14H20N4OS/c1-8-10-11(15)12(20-14(10)18(2)17-8)13(19)16-9-6-4-3-5-7-9/h9H,3-7,15H2,1-2H3,(H,16,19). The van der Waals surface area contributed by atoms with E-state index in [1.54, 1.807) is 4.68 Å². The van der Waals surface area contributed by atoms with Crippen LogP contribution in [0.2, 0.25) is 0 Å². The van der Waals surface area contributed by atoms with Gasteiger partial charge in [0.25, 0.3) is 5.91 Å². The molecular weight excluding hydrogens is 272 g/mol. The molecule has 1 fully saturated rings. The summed E-state index contributed by atoms with van der Waals surface area (Å²) in [6.07, 6.45) is 5.85. The summed E-state index contributed by atoms with van der Waals surface area (Å²) >= 11 is 1.43. The Hall–Kier alpha value is -1.56. The maximum absolute atomic E-state index is 12.4. The number of carbonyl (C=O) groups is 1. The van der Waals surface area contributed by atoms with Crippen molar-refractivity contribution in [2.45, 2.75) is 45.1 Å². The van der Waals surface area contributed by atoms with E-state index in [-0.39, 0.29) is 5.91 Å². The van der Waals surface area contributed by atoms with E-state index in [4.69, 9.17) is 5.73 Å². The molecule has 1 aliphatic rings. The lowest BCUT2D eigenvalue weighted by Crippen LogP contribution is -2.36. The first kappa shape index (κ1) is 13.4. The zero-order chi connectivity index (χ0) is 14.3. The Bertz CT molecular complexity index is 652. The number of rotatable bonds is 2. The van der Waals surface area contributed by atoms with Crippen LogP contribution >= 0.6 is 11.3 Å². The molecule has 5 nitrogen and oxygen atoms in total. The SMILES string of the molecule is Cc1nn(C)c2sc(C(=O)NC3CCCCC3)c(N)c12. The molecule has 0 saturated heterocycles.